The van der Waals surface area contributed by atoms with Gasteiger partial charge in [-0.15, -0.1) is 0 Å². The van der Waals surface area contributed by atoms with Crippen LogP contribution in [0.4, 0.5) is 0 Å². The molecule has 0 aliphatic carbocycles. The molecule has 2 N–H and O–H groups in total. The highest BCUT2D eigenvalue weighted by Gasteiger charge is 2.21. The summed E-state index contributed by atoms with van der Waals surface area (Å²) in [6.07, 6.45) is 6.11. The van der Waals surface area contributed by atoms with Gasteiger partial charge in [0, 0.05) is 28.4 Å². The van der Waals surface area contributed by atoms with Gasteiger partial charge in [-0.3, -0.25) is 0 Å². The molecule has 2 fully saturated rings. The minimum absolute atomic E-state index is 0.259. The lowest BCUT2D eigenvalue weighted by Gasteiger charge is -2.05. The quantitative estimate of drug-likeness (QED) is 0.0943. The van der Waals surface area contributed by atoms with E-state index in [1.165, 1.54) is 22.3 Å². The van der Waals surface area contributed by atoms with Crippen LogP contribution in [0.5, 0.6) is 0 Å². The fourth-order valence-corrected chi connectivity index (χ4v) is 5.16. The van der Waals surface area contributed by atoms with Gasteiger partial charge >= 0.3 is 0 Å². The first kappa shape index (κ1) is 74.7. The van der Waals surface area contributed by atoms with Crippen LogP contribution in [0, 0.1) is 0 Å². The van der Waals surface area contributed by atoms with Crippen molar-refractivity contribution in [1.29, 1.82) is 0 Å². The zero-order valence-electron chi connectivity index (χ0n) is 47.1. The molecule has 2 aliphatic heterocycles. The molecule has 8 heteroatoms. The van der Waals surface area contributed by atoms with E-state index < -0.39 is 0 Å². The van der Waals surface area contributed by atoms with Gasteiger partial charge < -0.3 is 38.6 Å². The zero-order chi connectivity index (χ0) is 53.7. The summed E-state index contributed by atoms with van der Waals surface area (Å²) in [5, 5.41) is 17.8. The largest absolute Gasteiger partial charge is 0.391 e. The van der Waals surface area contributed by atoms with Crippen LogP contribution in [-0.4, -0.2) is 103 Å². The van der Waals surface area contributed by atoms with Crippen LogP contribution in [0.2, 0.25) is 0 Å². The highest BCUT2D eigenvalue weighted by molar-refractivity contribution is 5.26. The molecule has 4 unspecified atom stereocenters. The number of hydrogen-bond acceptors (Lipinski definition) is 8. The van der Waals surface area contributed by atoms with Gasteiger partial charge in [-0.1, -0.05) is 254 Å². The second kappa shape index (κ2) is 64.8. The second-order valence-corrected chi connectivity index (χ2v) is 14.1. The summed E-state index contributed by atoms with van der Waals surface area (Å²) in [6.45, 7) is 28.3. The monoisotopic (exact) mass is 977 g/mol. The van der Waals surface area contributed by atoms with Crippen molar-refractivity contribution in [1.82, 2.24) is 0 Å². The fraction of sp³-hybridized carbons (Fsp3) is 0.516. The van der Waals surface area contributed by atoms with Gasteiger partial charge in [-0.2, -0.15) is 0 Å². The topological polar surface area (TPSA) is 102 Å². The Kier molecular flexibility index (Phi) is 69.2. The van der Waals surface area contributed by atoms with Crippen LogP contribution in [-0.2, 0) is 41.3 Å². The minimum Gasteiger partial charge on any atom is -0.391 e. The zero-order valence-corrected chi connectivity index (χ0v) is 47.1. The van der Waals surface area contributed by atoms with Crippen LogP contribution < -0.4 is 0 Å². The van der Waals surface area contributed by atoms with Crippen molar-refractivity contribution in [2.75, 3.05) is 68.1 Å². The Labute approximate surface area is 431 Å². The Morgan fingerprint density at radius 2 is 0.586 bits per heavy atom. The molecule has 0 spiro atoms. The molecule has 8 nitrogen and oxygen atoms in total. The van der Waals surface area contributed by atoms with Crippen molar-refractivity contribution in [3.05, 3.63) is 180 Å². The number of aliphatic hydroxyl groups excluding tert-OH is 2. The van der Waals surface area contributed by atoms with Crippen molar-refractivity contribution >= 4 is 0 Å². The summed E-state index contributed by atoms with van der Waals surface area (Å²) < 4.78 is 28.5. The van der Waals surface area contributed by atoms with Gasteiger partial charge in [-0.05, 0) is 47.9 Å². The molecule has 4 atom stereocenters. The molecule has 70 heavy (non-hydrogen) atoms. The number of aliphatic hydroxyl groups is 2. The smallest absolute Gasteiger partial charge is 0.104 e. The minimum atomic E-state index is -0.259. The van der Waals surface area contributed by atoms with Crippen LogP contribution in [0.3, 0.4) is 0 Å². The summed E-state index contributed by atoms with van der Waals surface area (Å²) in [5.41, 5.74) is 5.48. The first-order chi connectivity index (χ1) is 34.4. The molecule has 0 bridgehead atoms. The number of epoxide rings is 2. The molecule has 0 amide bonds. The van der Waals surface area contributed by atoms with Crippen molar-refractivity contribution in [3.8, 4) is 0 Å². The number of ether oxygens (including phenoxy) is 6. The van der Waals surface area contributed by atoms with E-state index in [9.17, 15) is 0 Å². The summed E-state index contributed by atoms with van der Waals surface area (Å²) in [4.78, 5) is 0. The number of benzene rings is 5. The molecular formula is C62H104O8. The van der Waals surface area contributed by atoms with Crippen LogP contribution in [0.25, 0.3) is 0 Å². The maximum atomic E-state index is 8.92. The van der Waals surface area contributed by atoms with E-state index in [4.69, 9.17) is 38.6 Å². The molecule has 2 aliphatic rings. The van der Waals surface area contributed by atoms with Crippen molar-refractivity contribution in [2.24, 2.45) is 0 Å². The lowest BCUT2D eigenvalue weighted by atomic mass is 10.1. The molecule has 0 saturated carbocycles. The van der Waals surface area contributed by atoms with Gasteiger partial charge in [0.25, 0.3) is 0 Å². The Balaban J connectivity index is -0.000000232. The molecule has 2 heterocycles. The highest BCUT2D eigenvalue weighted by atomic mass is 16.6. The third kappa shape index (κ3) is 58.1. The van der Waals surface area contributed by atoms with Crippen molar-refractivity contribution in [3.63, 3.8) is 0 Å². The summed E-state index contributed by atoms with van der Waals surface area (Å²) >= 11 is 0. The lowest BCUT2D eigenvalue weighted by Crippen LogP contribution is -2.12. The molecule has 5 aromatic rings. The first-order valence-corrected chi connectivity index (χ1v) is 26.1. The average Bonchev–Trinajstić information content (AvgIpc) is 4.39. The third-order valence-corrected chi connectivity index (χ3v) is 8.33. The average molecular weight is 978 g/mol. The Hall–Kier alpha value is -4.22. The lowest BCUT2D eigenvalue weighted by molar-refractivity contribution is 0.0588. The van der Waals surface area contributed by atoms with E-state index in [1.54, 1.807) is 28.4 Å². The first-order valence-electron chi connectivity index (χ1n) is 26.1. The highest BCUT2D eigenvalue weighted by Crippen LogP contribution is 2.10. The maximum absolute atomic E-state index is 8.92. The Morgan fingerprint density at radius 3 is 0.729 bits per heavy atom. The molecular weight excluding hydrogens is 873 g/mol. The molecule has 0 aromatic heterocycles. The standard InChI is InChI=1S/2C13H12.2C6H14O2.C6H6.2C4H8O2.5C2H6/c2*1-3-7-12(8-4-1)11-13-9-5-2-6-10-13;2*1-3-4-6(7)5-8-2;1-2-4-6-5-3-1;2*1-5-2-4-3-6-4;5*1-2/h2*1-10H,11H2;2*6-7H,3-5H2,1-2H3;1-6H;2*4H,2-3H2,1H3;5*1-2H3. The molecule has 0 radical (unpaired) electrons. The van der Waals surface area contributed by atoms with E-state index in [1.807, 2.05) is 119 Å². The van der Waals surface area contributed by atoms with Gasteiger partial charge in [0.05, 0.1) is 51.8 Å². The Bertz CT molecular complexity index is 1340. The van der Waals surface area contributed by atoms with Crippen LogP contribution in [0.15, 0.2) is 158 Å². The van der Waals surface area contributed by atoms with Gasteiger partial charge in [0.1, 0.15) is 12.2 Å². The van der Waals surface area contributed by atoms with Crippen molar-refractivity contribution < 1.29 is 38.6 Å². The van der Waals surface area contributed by atoms with Crippen LogP contribution in [0.1, 0.15) is 131 Å². The summed E-state index contributed by atoms with van der Waals surface area (Å²) in [5.74, 6) is 0. The van der Waals surface area contributed by atoms with E-state index in [0.29, 0.717) is 25.4 Å². The van der Waals surface area contributed by atoms with Gasteiger partial charge in [0.15, 0.2) is 0 Å². The van der Waals surface area contributed by atoms with Crippen LogP contribution >= 0.6 is 0 Å². The number of methoxy groups -OCH3 is 4. The SMILES string of the molecule is CC.CC.CC.CC.CC.CCCC(O)COC.CCCC(O)COC.COCC1CO1.COCC1CO1.c1ccc(Cc2ccccc2)cc1.c1ccc(Cc2ccccc2)cc1.c1ccccc1. The number of hydrogen-bond donors (Lipinski definition) is 2. The molecule has 5 aromatic carbocycles. The molecule has 2 saturated heterocycles. The van der Waals surface area contributed by atoms with Gasteiger partial charge in [0.2, 0.25) is 0 Å². The molecule has 400 valence electrons. The van der Waals surface area contributed by atoms with E-state index in [-0.39, 0.29) is 12.2 Å². The molecule has 7 rings (SSSR count). The summed E-state index contributed by atoms with van der Waals surface area (Å²) in [7, 11) is 6.56. The normalized spacial score (nSPS) is 13.2. The van der Waals surface area contributed by atoms with E-state index in [0.717, 1.165) is 65.0 Å². The second-order valence-electron chi connectivity index (χ2n) is 14.1. The summed E-state index contributed by atoms with van der Waals surface area (Å²) in [6, 6.07) is 54.1. The van der Waals surface area contributed by atoms with Gasteiger partial charge in [-0.25, -0.2) is 0 Å². The fourth-order valence-electron chi connectivity index (χ4n) is 5.16. The Morgan fingerprint density at radius 1 is 0.386 bits per heavy atom. The van der Waals surface area contributed by atoms with Crippen molar-refractivity contribution in [2.45, 2.75) is 146 Å². The predicted molar refractivity (Wildman–Crippen MR) is 303 cm³/mol. The number of rotatable bonds is 16. The maximum Gasteiger partial charge on any atom is 0.104 e. The van der Waals surface area contributed by atoms with E-state index >= 15 is 0 Å². The predicted octanol–water partition coefficient (Wildman–Crippen LogP) is 15.0. The third-order valence-electron chi connectivity index (χ3n) is 8.33. The van der Waals surface area contributed by atoms with E-state index in [2.05, 4.69) is 121 Å².